The maximum absolute atomic E-state index is 13.2. The number of aromatic amines is 1. The van der Waals surface area contributed by atoms with Crippen LogP contribution in [0.2, 0.25) is 0 Å². The van der Waals surface area contributed by atoms with Crippen molar-refractivity contribution >= 4 is 0 Å². The predicted molar refractivity (Wildman–Crippen MR) is 112 cm³/mol. The number of pyridine rings is 1. The molecule has 4 heterocycles. The van der Waals surface area contributed by atoms with Gasteiger partial charge in [-0.1, -0.05) is 18.2 Å². The van der Waals surface area contributed by atoms with Crippen molar-refractivity contribution in [1.82, 2.24) is 29.9 Å². The lowest BCUT2D eigenvalue weighted by atomic mass is 9.97. The Morgan fingerprint density at radius 2 is 1.91 bits per heavy atom. The molecule has 0 saturated heterocycles. The third-order valence-corrected chi connectivity index (χ3v) is 6.14. The minimum Gasteiger partial charge on any atom is -0.492 e. The highest BCUT2D eigenvalue weighted by Crippen LogP contribution is 2.48. The molecule has 33 heavy (non-hydrogen) atoms. The Bertz CT molecular complexity index is 1320. The molecule has 0 radical (unpaired) electrons. The summed E-state index contributed by atoms with van der Waals surface area (Å²) in [6, 6.07) is 9.39. The van der Waals surface area contributed by atoms with E-state index in [1.807, 2.05) is 10.8 Å². The van der Waals surface area contributed by atoms with Crippen molar-refractivity contribution in [3.63, 3.8) is 0 Å². The second-order valence-electron chi connectivity index (χ2n) is 8.45. The summed E-state index contributed by atoms with van der Waals surface area (Å²) in [6.07, 6.45) is 2.85. The molecule has 1 aliphatic carbocycles. The summed E-state index contributed by atoms with van der Waals surface area (Å²) in [5.74, 6) is 1.87. The number of imidazole rings is 1. The Morgan fingerprint density at radius 3 is 2.73 bits per heavy atom. The number of rotatable bonds is 5. The quantitative estimate of drug-likeness (QED) is 0.470. The molecule has 1 aromatic carbocycles. The van der Waals surface area contributed by atoms with Gasteiger partial charge in [-0.15, -0.1) is 0 Å². The van der Waals surface area contributed by atoms with Crippen LogP contribution >= 0.6 is 0 Å². The summed E-state index contributed by atoms with van der Waals surface area (Å²) >= 11 is 0. The number of ether oxygens (including phenoxy) is 1. The fraction of sp³-hybridized carbons (Fsp3) is 0.304. The fourth-order valence-electron chi connectivity index (χ4n) is 4.40. The predicted octanol–water partition coefficient (Wildman–Crippen LogP) is 4.80. The Balaban J connectivity index is 1.24. The summed E-state index contributed by atoms with van der Waals surface area (Å²) in [6.45, 7) is 1.31. The monoisotopic (exact) mass is 452 g/mol. The number of hydrogen-bond donors (Lipinski definition) is 1. The van der Waals surface area contributed by atoms with Gasteiger partial charge in [0.2, 0.25) is 0 Å². The average molecular weight is 452 g/mol. The van der Waals surface area contributed by atoms with E-state index < -0.39 is 11.9 Å². The van der Waals surface area contributed by atoms with E-state index in [0.29, 0.717) is 30.5 Å². The number of fused-ring (bicyclic) bond motifs is 1. The van der Waals surface area contributed by atoms with E-state index in [1.54, 1.807) is 6.33 Å². The van der Waals surface area contributed by atoms with Gasteiger partial charge in [0.1, 0.15) is 17.1 Å². The van der Waals surface area contributed by atoms with Crippen LogP contribution in [0.3, 0.4) is 0 Å². The summed E-state index contributed by atoms with van der Waals surface area (Å²) in [5.41, 5.74) is 2.50. The van der Waals surface area contributed by atoms with Gasteiger partial charge in [0.25, 0.3) is 0 Å². The zero-order valence-corrected chi connectivity index (χ0v) is 17.4. The zero-order valence-electron chi connectivity index (χ0n) is 17.4. The van der Waals surface area contributed by atoms with Crippen molar-refractivity contribution in [2.75, 3.05) is 6.61 Å². The summed E-state index contributed by atoms with van der Waals surface area (Å²) in [7, 11) is 0. The molecule has 7 nitrogen and oxygen atoms in total. The normalized spacial score (nSPS) is 17.7. The molecule has 168 valence electrons. The van der Waals surface area contributed by atoms with Crippen molar-refractivity contribution in [3.8, 4) is 28.4 Å². The van der Waals surface area contributed by atoms with Gasteiger partial charge in [0.15, 0.2) is 5.69 Å². The van der Waals surface area contributed by atoms with Crippen LogP contribution in [-0.4, -0.2) is 36.6 Å². The second-order valence-corrected chi connectivity index (χ2v) is 8.45. The van der Waals surface area contributed by atoms with Gasteiger partial charge in [-0.3, -0.25) is 4.98 Å². The Morgan fingerprint density at radius 1 is 1.06 bits per heavy atom. The maximum atomic E-state index is 13.2. The minimum absolute atomic E-state index is 0.213. The average Bonchev–Trinajstić information content (AvgIpc) is 3.19. The second kappa shape index (κ2) is 7.43. The summed E-state index contributed by atoms with van der Waals surface area (Å²) in [4.78, 5) is 8.72. The third-order valence-electron chi connectivity index (χ3n) is 6.14. The number of para-hydroxylation sites is 1. The van der Waals surface area contributed by atoms with Gasteiger partial charge in [0.05, 0.1) is 18.6 Å². The van der Waals surface area contributed by atoms with Gasteiger partial charge in [-0.05, 0) is 36.5 Å². The lowest BCUT2D eigenvalue weighted by molar-refractivity contribution is -0.140. The van der Waals surface area contributed by atoms with E-state index in [9.17, 15) is 13.2 Å². The van der Waals surface area contributed by atoms with Crippen LogP contribution in [0.15, 0.2) is 49.1 Å². The number of alkyl halides is 3. The van der Waals surface area contributed by atoms with Crippen LogP contribution in [-0.2, 0) is 12.7 Å². The number of hydrogen-bond acceptors (Lipinski definition) is 5. The van der Waals surface area contributed by atoms with Gasteiger partial charge >= 0.3 is 6.18 Å². The lowest BCUT2D eigenvalue weighted by Gasteiger charge is -2.10. The first kappa shape index (κ1) is 20.0. The number of halogens is 3. The Hall–Kier alpha value is -3.69. The first-order valence-corrected chi connectivity index (χ1v) is 10.7. The smallest absolute Gasteiger partial charge is 0.437 e. The van der Waals surface area contributed by atoms with Crippen molar-refractivity contribution in [2.45, 2.75) is 37.4 Å². The van der Waals surface area contributed by atoms with Crippen LogP contribution in [0.4, 0.5) is 13.2 Å². The van der Waals surface area contributed by atoms with Crippen molar-refractivity contribution in [3.05, 3.63) is 65.9 Å². The molecule has 0 unspecified atom stereocenters. The molecule has 0 bridgehead atoms. The fourth-order valence-corrected chi connectivity index (χ4v) is 4.40. The standard InChI is InChI=1S/C23H19F3N6O/c24-23(25,26)22-20(29-31-30-22)14-6-7-27-18(8-14)19-10-32(12-28-19)9-15-11-33-21-16(13-4-5-13)2-1-3-17(15)21/h1-3,6-8,10,12-13,15H,4-5,9,11H2,(H,29,30,31)/t15-/m0/s1. The lowest BCUT2D eigenvalue weighted by Crippen LogP contribution is -2.09. The molecule has 3 aromatic heterocycles. The topological polar surface area (TPSA) is 81.5 Å². The van der Waals surface area contributed by atoms with E-state index in [4.69, 9.17) is 4.74 Å². The molecule has 1 saturated carbocycles. The van der Waals surface area contributed by atoms with Gasteiger partial charge < -0.3 is 9.30 Å². The SMILES string of the molecule is FC(F)(F)c1n[nH]nc1-c1ccnc(-c2cn(C[C@H]3COc4c(C5CC5)cccc43)cn2)c1. The highest BCUT2D eigenvalue weighted by molar-refractivity contribution is 5.67. The van der Waals surface area contributed by atoms with Crippen molar-refractivity contribution in [2.24, 2.45) is 0 Å². The summed E-state index contributed by atoms with van der Waals surface area (Å²) < 4.78 is 47.6. The molecule has 0 spiro atoms. The summed E-state index contributed by atoms with van der Waals surface area (Å²) in [5, 5.41) is 8.99. The van der Waals surface area contributed by atoms with Crippen LogP contribution in [0.5, 0.6) is 5.75 Å². The van der Waals surface area contributed by atoms with E-state index in [1.165, 1.54) is 42.3 Å². The Kier molecular flexibility index (Phi) is 4.49. The van der Waals surface area contributed by atoms with Crippen molar-refractivity contribution in [1.29, 1.82) is 0 Å². The molecule has 2 aliphatic rings. The molecular formula is C23H19F3N6O. The molecule has 1 atom stereocenters. The number of nitrogens with one attached hydrogen (secondary N) is 1. The molecule has 4 aromatic rings. The van der Waals surface area contributed by atoms with E-state index in [-0.39, 0.29) is 17.2 Å². The van der Waals surface area contributed by atoms with Crippen LogP contribution in [0, 0.1) is 0 Å². The molecule has 6 rings (SSSR count). The van der Waals surface area contributed by atoms with Crippen LogP contribution in [0.1, 0.15) is 41.5 Å². The third kappa shape index (κ3) is 3.65. The zero-order chi connectivity index (χ0) is 22.6. The number of nitrogens with zero attached hydrogens (tertiary/aromatic N) is 5. The molecular weight excluding hydrogens is 433 g/mol. The van der Waals surface area contributed by atoms with E-state index in [2.05, 4.69) is 43.6 Å². The van der Waals surface area contributed by atoms with Gasteiger partial charge in [-0.25, -0.2) is 4.98 Å². The number of H-pyrrole nitrogens is 1. The first-order chi connectivity index (χ1) is 16.0. The molecule has 1 N–H and O–H groups in total. The number of benzene rings is 1. The Labute approximate surface area is 186 Å². The highest BCUT2D eigenvalue weighted by Gasteiger charge is 2.38. The molecule has 0 amide bonds. The van der Waals surface area contributed by atoms with Crippen molar-refractivity contribution < 1.29 is 17.9 Å². The van der Waals surface area contributed by atoms with Gasteiger partial charge in [0, 0.05) is 36.0 Å². The van der Waals surface area contributed by atoms with Crippen LogP contribution < -0.4 is 4.74 Å². The highest BCUT2D eigenvalue weighted by atomic mass is 19.4. The molecule has 10 heteroatoms. The van der Waals surface area contributed by atoms with E-state index >= 15 is 0 Å². The van der Waals surface area contributed by atoms with Gasteiger partial charge in [-0.2, -0.15) is 28.6 Å². The number of aromatic nitrogens is 6. The minimum atomic E-state index is -4.60. The largest absolute Gasteiger partial charge is 0.492 e. The molecule has 1 aliphatic heterocycles. The maximum Gasteiger partial charge on any atom is 0.437 e. The first-order valence-electron chi connectivity index (χ1n) is 10.7. The van der Waals surface area contributed by atoms with E-state index in [0.717, 1.165) is 5.75 Å². The van der Waals surface area contributed by atoms with Crippen LogP contribution in [0.25, 0.3) is 22.6 Å². The molecule has 1 fully saturated rings.